The molecule has 3 aromatic rings. The first-order valence-corrected chi connectivity index (χ1v) is 8.21. The van der Waals surface area contributed by atoms with Crippen molar-refractivity contribution in [2.24, 2.45) is 12.0 Å². The van der Waals surface area contributed by atoms with Crippen LogP contribution in [-0.4, -0.2) is 32.6 Å². The molecule has 0 saturated heterocycles. The summed E-state index contributed by atoms with van der Waals surface area (Å²) in [6.07, 6.45) is 7.60. The molecule has 26 heavy (non-hydrogen) atoms. The number of hydrogen-bond donors (Lipinski definition) is 2. The highest BCUT2D eigenvalue weighted by atomic mass is 127. The molecule has 0 aliphatic carbocycles. The number of halogens is 1. The van der Waals surface area contributed by atoms with Crippen molar-refractivity contribution in [2.75, 3.05) is 7.05 Å². The Bertz CT molecular complexity index is 824. The van der Waals surface area contributed by atoms with E-state index in [1.54, 1.807) is 17.9 Å². The summed E-state index contributed by atoms with van der Waals surface area (Å²) >= 11 is 0. The maximum absolute atomic E-state index is 4.28. The number of hydrogen-bond acceptors (Lipinski definition) is 3. The van der Waals surface area contributed by atoms with Crippen molar-refractivity contribution < 1.29 is 0 Å². The van der Waals surface area contributed by atoms with Gasteiger partial charge in [0, 0.05) is 51.3 Å². The van der Waals surface area contributed by atoms with E-state index in [1.807, 2.05) is 36.4 Å². The zero-order valence-corrected chi connectivity index (χ0v) is 17.3. The quantitative estimate of drug-likeness (QED) is 0.333. The first-order chi connectivity index (χ1) is 12.2. The Labute approximate surface area is 170 Å². The number of benzene rings is 1. The van der Waals surface area contributed by atoms with Crippen molar-refractivity contribution in [3.63, 3.8) is 0 Å². The fourth-order valence-electron chi connectivity index (χ4n) is 2.60. The van der Waals surface area contributed by atoms with Crippen molar-refractivity contribution in [3.8, 4) is 0 Å². The average molecular weight is 465 g/mol. The van der Waals surface area contributed by atoms with E-state index in [9.17, 15) is 0 Å². The minimum atomic E-state index is 0. The summed E-state index contributed by atoms with van der Waals surface area (Å²) in [5, 5.41) is 15.1. The number of rotatable bonds is 6. The highest BCUT2D eigenvalue weighted by molar-refractivity contribution is 14.0. The third kappa shape index (κ3) is 5.58. The van der Waals surface area contributed by atoms with Crippen LogP contribution >= 0.6 is 24.0 Å². The summed E-state index contributed by atoms with van der Waals surface area (Å²) in [5.41, 5.74) is 3.58. The van der Waals surface area contributed by atoms with Gasteiger partial charge in [0.15, 0.2) is 5.96 Å². The summed E-state index contributed by atoms with van der Waals surface area (Å²) in [6, 6.07) is 10.3. The van der Waals surface area contributed by atoms with Crippen LogP contribution in [0.4, 0.5) is 0 Å². The number of aromatic nitrogens is 4. The van der Waals surface area contributed by atoms with Crippen LogP contribution in [0.25, 0.3) is 0 Å². The lowest BCUT2D eigenvalue weighted by Gasteiger charge is -2.14. The maximum atomic E-state index is 4.28. The van der Waals surface area contributed by atoms with Gasteiger partial charge in [-0.2, -0.15) is 10.2 Å². The van der Waals surface area contributed by atoms with E-state index in [-0.39, 0.29) is 24.0 Å². The van der Waals surface area contributed by atoms with Crippen LogP contribution in [-0.2, 0) is 26.7 Å². The first kappa shape index (κ1) is 20.0. The minimum absolute atomic E-state index is 0. The van der Waals surface area contributed by atoms with Gasteiger partial charge in [0.05, 0.1) is 12.7 Å². The van der Waals surface area contributed by atoms with Gasteiger partial charge in [0.25, 0.3) is 0 Å². The molecular weight excluding hydrogens is 441 g/mol. The fourth-order valence-corrected chi connectivity index (χ4v) is 2.60. The molecule has 1 aromatic carbocycles. The summed E-state index contributed by atoms with van der Waals surface area (Å²) in [4.78, 5) is 4.28. The van der Waals surface area contributed by atoms with Crippen molar-refractivity contribution >= 4 is 29.9 Å². The molecule has 2 heterocycles. The number of aryl methyl sites for hydroxylation is 1. The van der Waals surface area contributed by atoms with Crippen LogP contribution < -0.4 is 10.6 Å². The van der Waals surface area contributed by atoms with Gasteiger partial charge >= 0.3 is 0 Å². The van der Waals surface area contributed by atoms with Gasteiger partial charge < -0.3 is 10.6 Å². The molecule has 0 bridgehead atoms. The van der Waals surface area contributed by atoms with Gasteiger partial charge in [-0.05, 0) is 17.2 Å². The molecule has 0 aliphatic heterocycles. The Morgan fingerprint density at radius 1 is 1.08 bits per heavy atom. The molecule has 0 amide bonds. The van der Waals surface area contributed by atoms with E-state index in [0.717, 1.165) is 18.1 Å². The number of aliphatic imine (C=N–C) groups is 1. The van der Waals surface area contributed by atoms with Gasteiger partial charge in [-0.25, -0.2) is 0 Å². The molecular formula is C18H24IN7. The molecule has 0 unspecified atom stereocenters. The minimum Gasteiger partial charge on any atom is -0.352 e. The summed E-state index contributed by atoms with van der Waals surface area (Å²) in [6.45, 7) is 2.14. The van der Waals surface area contributed by atoms with E-state index >= 15 is 0 Å². The van der Waals surface area contributed by atoms with Gasteiger partial charge in [-0.3, -0.25) is 14.4 Å². The van der Waals surface area contributed by atoms with Crippen molar-refractivity contribution in [1.82, 2.24) is 30.2 Å². The van der Waals surface area contributed by atoms with Crippen molar-refractivity contribution in [3.05, 3.63) is 71.8 Å². The predicted molar refractivity (Wildman–Crippen MR) is 113 cm³/mol. The van der Waals surface area contributed by atoms with Gasteiger partial charge in [0.1, 0.15) is 0 Å². The van der Waals surface area contributed by atoms with Crippen molar-refractivity contribution in [1.29, 1.82) is 0 Å². The van der Waals surface area contributed by atoms with E-state index < -0.39 is 0 Å². The molecule has 8 heteroatoms. The van der Waals surface area contributed by atoms with Crippen LogP contribution in [0, 0.1) is 0 Å². The summed E-state index contributed by atoms with van der Waals surface area (Å²) in [7, 11) is 3.68. The largest absolute Gasteiger partial charge is 0.352 e. The number of nitrogens with one attached hydrogen (secondary N) is 2. The first-order valence-electron chi connectivity index (χ1n) is 8.21. The van der Waals surface area contributed by atoms with Gasteiger partial charge in [0.2, 0.25) is 0 Å². The second-order valence-corrected chi connectivity index (χ2v) is 5.77. The van der Waals surface area contributed by atoms with Crippen molar-refractivity contribution in [2.45, 2.75) is 19.6 Å². The molecule has 138 valence electrons. The summed E-state index contributed by atoms with van der Waals surface area (Å²) in [5.74, 6) is 0.762. The third-order valence-electron chi connectivity index (χ3n) is 3.90. The van der Waals surface area contributed by atoms with Gasteiger partial charge in [-0.15, -0.1) is 24.0 Å². The second-order valence-electron chi connectivity index (χ2n) is 5.77. The zero-order valence-electron chi connectivity index (χ0n) is 15.0. The Morgan fingerprint density at radius 3 is 2.50 bits per heavy atom. The van der Waals surface area contributed by atoms with Crippen LogP contribution in [0.3, 0.4) is 0 Å². The number of nitrogens with zero attached hydrogens (tertiary/aromatic N) is 5. The Balaban J connectivity index is 0.00000243. The maximum Gasteiger partial charge on any atom is 0.191 e. The predicted octanol–water partition coefficient (Wildman–Crippen LogP) is 2.15. The molecule has 0 fully saturated rings. The lowest BCUT2D eigenvalue weighted by Crippen LogP contribution is -2.36. The van der Waals surface area contributed by atoms with Crippen LogP contribution in [0.1, 0.15) is 16.7 Å². The molecule has 2 N–H and O–H groups in total. The van der Waals surface area contributed by atoms with Crippen LogP contribution in [0.2, 0.25) is 0 Å². The Kier molecular flexibility index (Phi) is 7.64. The average Bonchev–Trinajstić information content (AvgIpc) is 3.28. The van der Waals surface area contributed by atoms with E-state index in [2.05, 4.69) is 50.1 Å². The normalized spacial score (nSPS) is 11.1. The second kappa shape index (κ2) is 9.95. The molecule has 0 aliphatic rings. The van der Waals surface area contributed by atoms with Crippen LogP contribution in [0.5, 0.6) is 0 Å². The Morgan fingerprint density at radius 2 is 1.85 bits per heavy atom. The topological polar surface area (TPSA) is 72.1 Å². The molecule has 0 radical (unpaired) electrons. The van der Waals surface area contributed by atoms with E-state index in [4.69, 9.17) is 0 Å². The standard InChI is InChI=1S/C18H23N7.HI/c1-19-18(20-10-15-11-23-24(2)13-15)21-12-16-6-3-4-7-17(16)14-25-9-5-8-22-25;/h3-9,11,13H,10,12,14H2,1-2H3,(H2,19,20,21);1H. The SMILES string of the molecule is CN=C(NCc1cnn(C)c1)NCc1ccccc1Cn1cccn1.I. The Hall–Kier alpha value is -2.36. The third-order valence-corrected chi connectivity index (χ3v) is 3.90. The number of guanidine groups is 1. The lowest BCUT2D eigenvalue weighted by atomic mass is 10.1. The van der Waals surface area contributed by atoms with Gasteiger partial charge in [-0.1, -0.05) is 24.3 Å². The molecule has 0 atom stereocenters. The monoisotopic (exact) mass is 465 g/mol. The fraction of sp³-hybridized carbons (Fsp3) is 0.278. The highest BCUT2D eigenvalue weighted by Gasteiger charge is 2.05. The molecule has 0 saturated carbocycles. The zero-order chi connectivity index (χ0) is 17.5. The molecule has 7 nitrogen and oxygen atoms in total. The highest BCUT2D eigenvalue weighted by Crippen LogP contribution is 2.10. The van der Waals surface area contributed by atoms with Crippen LogP contribution in [0.15, 0.2) is 60.1 Å². The summed E-state index contributed by atoms with van der Waals surface area (Å²) < 4.78 is 3.72. The molecule has 0 spiro atoms. The molecule has 2 aromatic heterocycles. The smallest absolute Gasteiger partial charge is 0.191 e. The molecule has 3 rings (SSSR count). The van der Waals surface area contributed by atoms with E-state index in [1.165, 1.54) is 11.1 Å². The lowest BCUT2D eigenvalue weighted by molar-refractivity contribution is 0.677. The van der Waals surface area contributed by atoms with E-state index in [0.29, 0.717) is 13.1 Å².